The van der Waals surface area contributed by atoms with Crippen molar-refractivity contribution in [2.75, 3.05) is 0 Å². The summed E-state index contributed by atoms with van der Waals surface area (Å²) in [5.74, 6) is 1.50. The fourth-order valence-corrected chi connectivity index (χ4v) is 1.02. The molecule has 0 aliphatic carbocycles. The van der Waals surface area contributed by atoms with E-state index in [1.165, 1.54) is 0 Å². The average Bonchev–Trinajstić information content (AvgIpc) is 2.50. The third-order valence-corrected chi connectivity index (χ3v) is 1.75. The van der Waals surface area contributed by atoms with Crippen LogP contribution in [0.15, 0.2) is 4.52 Å². The maximum Gasteiger partial charge on any atom is 0.226 e. The quantitative estimate of drug-likeness (QED) is 0.773. The average molecular weight is 184 g/mol. The van der Waals surface area contributed by atoms with Gasteiger partial charge in [-0.1, -0.05) is 25.9 Å². The summed E-state index contributed by atoms with van der Waals surface area (Å²) in [4.78, 5) is 4.09. The minimum atomic E-state index is -0.593. The van der Waals surface area contributed by atoms with Crippen LogP contribution in [0.2, 0.25) is 0 Å². The highest BCUT2D eigenvalue weighted by atomic mass is 16.5. The number of aliphatic hydroxyl groups is 1. The molecular weight excluding hydrogens is 168 g/mol. The fourth-order valence-electron chi connectivity index (χ4n) is 1.02. The second-order valence-electron chi connectivity index (χ2n) is 3.57. The number of rotatable bonds is 4. The fraction of sp³-hybridized carbons (Fsp3) is 0.778. The van der Waals surface area contributed by atoms with Crippen LogP contribution in [-0.4, -0.2) is 15.2 Å². The van der Waals surface area contributed by atoms with Gasteiger partial charge in [0.25, 0.3) is 0 Å². The van der Waals surface area contributed by atoms with E-state index in [9.17, 15) is 5.11 Å². The molecule has 0 saturated heterocycles. The van der Waals surface area contributed by atoms with Crippen molar-refractivity contribution in [1.82, 2.24) is 10.1 Å². The lowest BCUT2D eigenvalue weighted by molar-refractivity contribution is 0.159. The predicted molar refractivity (Wildman–Crippen MR) is 48.1 cm³/mol. The van der Waals surface area contributed by atoms with Gasteiger partial charge in [0.15, 0.2) is 5.82 Å². The summed E-state index contributed by atoms with van der Waals surface area (Å²) in [6.45, 7) is 6.05. The number of hydrogen-bond donors (Lipinski definition) is 1. The topological polar surface area (TPSA) is 59.2 Å². The summed E-state index contributed by atoms with van der Waals surface area (Å²) in [5.41, 5.74) is 0. The van der Waals surface area contributed by atoms with E-state index in [1.54, 1.807) is 0 Å². The largest absolute Gasteiger partial charge is 0.385 e. The zero-order chi connectivity index (χ0) is 9.84. The molecule has 4 nitrogen and oxygen atoms in total. The van der Waals surface area contributed by atoms with E-state index >= 15 is 0 Å². The normalized spacial score (nSPS) is 13.6. The molecule has 74 valence electrons. The van der Waals surface area contributed by atoms with E-state index in [0.29, 0.717) is 24.1 Å². The van der Waals surface area contributed by atoms with E-state index in [2.05, 4.69) is 24.0 Å². The summed E-state index contributed by atoms with van der Waals surface area (Å²) in [7, 11) is 0. The van der Waals surface area contributed by atoms with Crippen LogP contribution in [-0.2, 0) is 6.42 Å². The van der Waals surface area contributed by atoms with Gasteiger partial charge in [-0.25, -0.2) is 0 Å². The van der Waals surface area contributed by atoms with Crippen LogP contribution in [0.3, 0.4) is 0 Å². The Morgan fingerprint density at radius 1 is 1.46 bits per heavy atom. The smallest absolute Gasteiger partial charge is 0.226 e. The molecule has 0 amide bonds. The summed E-state index contributed by atoms with van der Waals surface area (Å²) < 4.78 is 4.98. The number of nitrogens with zero attached hydrogens (tertiary/aromatic N) is 2. The van der Waals surface area contributed by atoms with Crippen LogP contribution in [0.25, 0.3) is 0 Å². The van der Waals surface area contributed by atoms with Crippen molar-refractivity contribution in [1.29, 1.82) is 0 Å². The summed E-state index contributed by atoms with van der Waals surface area (Å²) in [6.07, 6.45) is 0.786. The van der Waals surface area contributed by atoms with Crippen LogP contribution < -0.4 is 0 Å². The molecule has 0 aromatic carbocycles. The van der Waals surface area contributed by atoms with Crippen molar-refractivity contribution >= 4 is 0 Å². The van der Waals surface area contributed by atoms with Crippen LogP contribution in [0.1, 0.15) is 45.0 Å². The molecule has 1 aromatic rings. The lowest BCUT2D eigenvalue weighted by Gasteiger charge is -1.98. The van der Waals surface area contributed by atoms with E-state index in [1.807, 2.05) is 6.92 Å². The summed E-state index contributed by atoms with van der Waals surface area (Å²) in [6, 6.07) is 0. The molecule has 0 aliphatic rings. The molecule has 1 N–H and O–H groups in total. The Morgan fingerprint density at radius 3 is 2.69 bits per heavy atom. The zero-order valence-electron chi connectivity index (χ0n) is 8.32. The van der Waals surface area contributed by atoms with Crippen molar-refractivity contribution in [3.05, 3.63) is 11.7 Å². The molecule has 1 heterocycles. The molecule has 0 aliphatic heterocycles. The second-order valence-corrected chi connectivity index (χ2v) is 3.57. The third-order valence-electron chi connectivity index (χ3n) is 1.75. The van der Waals surface area contributed by atoms with Crippen LogP contribution in [0.5, 0.6) is 0 Å². The molecular formula is C9H16N2O2. The molecule has 1 unspecified atom stereocenters. The Bertz CT molecular complexity index is 258. The molecule has 0 radical (unpaired) electrons. The molecule has 1 aromatic heterocycles. The first kappa shape index (κ1) is 10.2. The monoisotopic (exact) mass is 184 g/mol. The van der Waals surface area contributed by atoms with E-state index in [4.69, 9.17) is 4.52 Å². The van der Waals surface area contributed by atoms with Crippen molar-refractivity contribution in [2.24, 2.45) is 5.92 Å². The standard InChI is InChI=1S/C9H16N2O2/c1-4-7(12)9-10-8(13-11-9)5-6(2)3/h6-7,12H,4-5H2,1-3H3. The van der Waals surface area contributed by atoms with Gasteiger partial charge in [0, 0.05) is 6.42 Å². The number of hydrogen-bond acceptors (Lipinski definition) is 4. The Labute approximate surface area is 78.0 Å². The Hall–Kier alpha value is -0.900. The predicted octanol–water partition coefficient (Wildman–Crippen LogP) is 1.71. The highest BCUT2D eigenvalue weighted by molar-refractivity contribution is 4.90. The van der Waals surface area contributed by atoms with Gasteiger partial charge < -0.3 is 9.63 Å². The molecule has 0 spiro atoms. The first-order valence-corrected chi connectivity index (χ1v) is 4.64. The molecule has 13 heavy (non-hydrogen) atoms. The number of aliphatic hydroxyl groups excluding tert-OH is 1. The van der Waals surface area contributed by atoms with Crippen molar-refractivity contribution < 1.29 is 9.63 Å². The van der Waals surface area contributed by atoms with Crippen LogP contribution in [0.4, 0.5) is 0 Å². The molecule has 1 rings (SSSR count). The second kappa shape index (κ2) is 4.37. The van der Waals surface area contributed by atoms with Crippen molar-refractivity contribution in [3.63, 3.8) is 0 Å². The van der Waals surface area contributed by atoms with Gasteiger partial charge in [-0.05, 0) is 12.3 Å². The van der Waals surface area contributed by atoms with Gasteiger partial charge in [0.2, 0.25) is 5.89 Å². The van der Waals surface area contributed by atoms with Gasteiger partial charge in [-0.15, -0.1) is 0 Å². The molecule has 0 fully saturated rings. The maximum atomic E-state index is 9.39. The molecule has 0 saturated carbocycles. The minimum Gasteiger partial charge on any atom is -0.385 e. The summed E-state index contributed by atoms with van der Waals surface area (Å²) >= 11 is 0. The van der Waals surface area contributed by atoms with Gasteiger partial charge >= 0.3 is 0 Å². The maximum absolute atomic E-state index is 9.39. The van der Waals surface area contributed by atoms with Crippen molar-refractivity contribution in [3.8, 4) is 0 Å². The lowest BCUT2D eigenvalue weighted by Crippen LogP contribution is -1.99. The highest BCUT2D eigenvalue weighted by Crippen LogP contribution is 2.13. The highest BCUT2D eigenvalue weighted by Gasteiger charge is 2.13. The first-order valence-electron chi connectivity index (χ1n) is 4.64. The van der Waals surface area contributed by atoms with Crippen LogP contribution >= 0.6 is 0 Å². The first-order chi connectivity index (χ1) is 6.13. The molecule has 4 heteroatoms. The SMILES string of the molecule is CCC(O)c1noc(CC(C)C)n1. The third kappa shape index (κ3) is 2.81. The lowest BCUT2D eigenvalue weighted by atomic mass is 10.1. The molecule has 1 atom stereocenters. The van der Waals surface area contributed by atoms with Gasteiger partial charge in [-0.2, -0.15) is 4.98 Å². The Morgan fingerprint density at radius 2 is 2.15 bits per heavy atom. The van der Waals surface area contributed by atoms with Gasteiger partial charge in [0.1, 0.15) is 6.10 Å². The molecule has 0 bridgehead atoms. The summed E-state index contributed by atoms with van der Waals surface area (Å²) in [5, 5.41) is 13.1. The van der Waals surface area contributed by atoms with E-state index in [-0.39, 0.29) is 0 Å². The van der Waals surface area contributed by atoms with Crippen molar-refractivity contribution in [2.45, 2.75) is 39.7 Å². The van der Waals surface area contributed by atoms with Gasteiger partial charge in [0.05, 0.1) is 0 Å². The zero-order valence-corrected chi connectivity index (χ0v) is 8.32. The number of aromatic nitrogens is 2. The Kier molecular flexibility index (Phi) is 3.42. The van der Waals surface area contributed by atoms with Crippen LogP contribution in [0, 0.1) is 5.92 Å². The Balaban J connectivity index is 2.63. The van der Waals surface area contributed by atoms with E-state index < -0.39 is 6.10 Å². The minimum absolute atomic E-state index is 0.401. The van der Waals surface area contributed by atoms with Gasteiger partial charge in [-0.3, -0.25) is 0 Å². The van der Waals surface area contributed by atoms with E-state index in [0.717, 1.165) is 6.42 Å².